The molecule has 0 amide bonds. The summed E-state index contributed by atoms with van der Waals surface area (Å²) in [7, 11) is -2.06. The molecule has 7 nitrogen and oxygen atoms in total. The molecule has 1 aromatic carbocycles. The van der Waals surface area contributed by atoms with Crippen LogP contribution in [0.5, 0.6) is 0 Å². The van der Waals surface area contributed by atoms with Gasteiger partial charge in [-0.15, -0.1) is 5.10 Å². The molecule has 0 aliphatic carbocycles. The molecule has 0 saturated carbocycles. The van der Waals surface area contributed by atoms with Crippen molar-refractivity contribution in [3.63, 3.8) is 0 Å². The van der Waals surface area contributed by atoms with Crippen molar-refractivity contribution in [2.75, 3.05) is 18.9 Å². The Hall–Kier alpha value is -2.45. The molecular formula is C16H17N5O2S. The first kappa shape index (κ1) is 15.1. The van der Waals surface area contributed by atoms with Crippen LogP contribution in [-0.4, -0.2) is 36.6 Å². The van der Waals surface area contributed by atoms with Crippen molar-refractivity contribution < 1.29 is 8.42 Å². The summed E-state index contributed by atoms with van der Waals surface area (Å²) in [4.78, 5) is 4.75. The second-order valence-electron chi connectivity index (χ2n) is 5.64. The Kier molecular flexibility index (Phi) is 3.50. The second kappa shape index (κ2) is 5.57. The monoisotopic (exact) mass is 343 g/mol. The quantitative estimate of drug-likeness (QED) is 0.744. The van der Waals surface area contributed by atoms with Crippen LogP contribution in [0.15, 0.2) is 46.3 Å². The Bertz CT molecular complexity index is 1010. The lowest BCUT2D eigenvalue weighted by Crippen LogP contribution is -2.26. The lowest BCUT2D eigenvalue weighted by atomic mass is 10.1. The Morgan fingerprint density at radius 2 is 2.04 bits per heavy atom. The van der Waals surface area contributed by atoms with Crippen LogP contribution in [-0.2, 0) is 22.8 Å². The molecule has 0 atom stereocenters. The van der Waals surface area contributed by atoms with Gasteiger partial charge in [0.1, 0.15) is 0 Å². The van der Waals surface area contributed by atoms with Gasteiger partial charge in [0.15, 0.2) is 16.4 Å². The maximum absolute atomic E-state index is 13.1. The summed E-state index contributed by atoms with van der Waals surface area (Å²) in [6, 6.07) is 8.36. The van der Waals surface area contributed by atoms with Gasteiger partial charge in [0.05, 0.1) is 10.6 Å². The third-order valence-electron chi connectivity index (χ3n) is 4.21. The van der Waals surface area contributed by atoms with Crippen molar-refractivity contribution in [3.8, 4) is 0 Å². The highest BCUT2D eigenvalue weighted by atomic mass is 32.2. The van der Waals surface area contributed by atoms with Crippen LogP contribution >= 0.6 is 0 Å². The van der Waals surface area contributed by atoms with Gasteiger partial charge in [-0.1, -0.05) is 18.2 Å². The SMILES string of the molecule is CNc1nn2c3c(cnc2c1S(=O)(=O)c1ccccc1)CCNC3. The van der Waals surface area contributed by atoms with Crippen LogP contribution in [0.25, 0.3) is 5.65 Å². The molecule has 0 saturated heterocycles. The average molecular weight is 343 g/mol. The summed E-state index contributed by atoms with van der Waals surface area (Å²) in [6.45, 7) is 1.53. The highest BCUT2D eigenvalue weighted by Gasteiger charge is 2.29. The van der Waals surface area contributed by atoms with E-state index in [-0.39, 0.29) is 9.79 Å². The Morgan fingerprint density at radius 3 is 2.79 bits per heavy atom. The van der Waals surface area contributed by atoms with Gasteiger partial charge in [0.2, 0.25) is 9.84 Å². The largest absolute Gasteiger partial charge is 0.370 e. The lowest BCUT2D eigenvalue weighted by Gasteiger charge is -2.17. The van der Waals surface area contributed by atoms with Crippen LogP contribution in [0.3, 0.4) is 0 Å². The van der Waals surface area contributed by atoms with Gasteiger partial charge in [-0.2, -0.15) is 0 Å². The zero-order valence-electron chi connectivity index (χ0n) is 13.2. The summed E-state index contributed by atoms with van der Waals surface area (Å²) in [6.07, 6.45) is 2.62. The first-order valence-corrected chi connectivity index (χ1v) is 9.19. The number of nitrogens with one attached hydrogen (secondary N) is 2. The number of benzene rings is 1. The minimum atomic E-state index is -3.72. The number of rotatable bonds is 3. The van der Waals surface area contributed by atoms with E-state index in [1.807, 2.05) is 0 Å². The third kappa shape index (κ3) is 2.18. The Balaban J connectivity index is 2.02. The minimum Gasteiger partial charge on any atom is -0.370 e. The lowest BCUT2D eigenvalue weighted by molar-refractivity contribution is 0.596. The van der Waals surface area contributed by atoms with E-state index in [1.54, 1.807) is 48.1 Å². The number of hydrogen-bond donors (Lipinski definition) is 2. The fraction of sp³-hybridized carbons (Fsp3) is 0.250. The van der Waals surface area contributed by atoms with Crippen molar-refractivity contribution >= 4 is 21.3 Å². The zero-order chi connectivity index (χ0) is 16.7. The first-order chi connectivity index (χ1) is 11.6. The fourth-order valence-electron chi connectivity index (χ4n) is 3.00. The number of fused-ring (bicyclic) bond motifs is 3. The van der Waals surface area contributed by atoms with E-state index < -0.39 is 9.84 Å². The molecule has 3 aromatic rings. The van der Waals surface area contributed by atoms with Crippen molar-refractivity contribution in [1.82, 2.24) is 19.9 Å². The van der Waals surface area contributed by atoms with Crippen molar-refractivity contribution in [3.05, 3.63) is 47.8 Å². The van der Waals surface area contributed by atoms with Gasteiger partial charge in [-0.3, -0.25) is 0 Å². The average Bonchev–Trinajstić information content (AvgIpc) is 3.02. The second-order valence-corrected chi connectivity index (χ2v) is 7.52. The fourth-order valence-corrected chi connectivity index (χ4v) is 4.53. The van der Waals surface area contributed by atoms with Crippen LogP contribution < -0.4 is 10.6 Å². The van der Waals surface area contributed by atoms with E-state index >= 15 is 0 Å². The molecule has 8 heteroatoms. The normalized spacial score (nSPS) is 14.5. The Morgan fingerprint density at radius 1 is 1.25 bits per heavy atom. The maximum atomic E-state index is 13.1. The van der Waals surface area contributed by atoms with Crippen LogP contribution in [0.4, 0.5) is 5.82 Å². The number of aromatic nitrogens is 3. The molecule has 0 spiro atoms. The van der Waals surface area contributed by atoms with Gasteiger partial charge < -0.3 is 10.6 Å². The number of hydrogen-bond acceptors (Lipinski definition) is 6. The molecule has 2 N–H and O–H groups in total. The molecule has 1 aliphatic heterocycles. The molecule has 0 radical (unpaired) electrons. The van der Waals surface area contributed by atoms with Crippen molar-refractivity contribution in [2.45, 2.75) is 22.8 Å². The molecule has 0 fully saturated rings. The molecular weight excluding hydrogens is 326 g/mol. The summed E-state index contributed by atoms with van der Waals surface area (Å²) in [5, 5.41) is 10.6. The van der Waals surface area contributed by atoms with Crippen LogP contribution in [0.2, 0.25) is 0 Å². The van der Waals surface area contributed by atoms with Gasteiger partial charge in [0.25, 0.3) is 0 Å². The van der Waals surface area contributed by atoms with Crippen molar-refractivity contribution in [1.29, 1.82) is 0 Å². The van der Waals surface area contributed by atoms with E-state index in [4.69, 9.17) is 0 Å². The maximum Gasteiger partial charge on any atom is 0.214 e. The number of nitrogens with zero attached hydrogens (tertiary/aromatic N) is 3. The smallest absolute Gasteiger partial charge is 0.214 e. The molecule has 2 aromatic heterocycles. The molecule has 3 heterocycles. The van der Waals surface area contributed by atoms with E-state index in [2.05, 4.69) is 20.7 Å². The molecule has 0 bridgehead atoms. The highest BCUT2D eigenvalue weighted by Crippen LogP contribution is 2.31. The zero-order valence-corrected chi connectivity index (χ0v) is 14.0. The van der Waals surface area contributed by atoms with E-state index in [9.17, 15) is 8.42 Å². The standard InChI is InChI=1S/C16H17N5O2S/c1-17-15-14(24(22,23)12-5-3-2-4-6-12)16-19-9-11-7-8-18-10-13(11)21(16)20-15/h2-6,9,18H,7-8,10H2,1H3,(H,17,20). The topological polar surface area (TPSA) is 88.4 Å². The Labute approximate surface area is 139 Å². The number of anilines is 1. The number of sulfone groups is 1. The predicted molar refractivity (Wildman–Crippen MR) is 89.8 cm³/mol. The van der Waals surface area contributed by atoms with Gasteiger partial charge in [0, 0.05) is 19.8 Å². The third-order valence-corrected chi connectivity index (χ3v) is 6.02. The van der Waals surface area contributed by atoms with E-state index in [0.717, 1.165) is 24.2 Å². The summed E-state index contributed by atoms with van der Waals surface area (Å²) >= 11 is 0. The summed E-state index contributed by atoms with van der Waals surface area (Å²) in [5.41, 5.74) is 2.40. The molecule has 24 heavy (non-hydrogen) atoms. The minimum absolute atomic E-state index is 0.115. The summed E-state index contributed by atoms with van der Waals surface area (Å²) < 4.78 is 27.9. The van der Waals surface area contributed by atoms with Crippen LogP contribution in [0, 0.1) is 0 Å². The van der Waals surface area contributed by atoms with E-state index in [1.165, 1.54) is 0 Å². The van der Waals surface area contributed by atoms with Crippen molar-refractivity contribution in [2.24, 2.45) is 0 Å². The van der Waals surface area contributed by atoms with Gasteiger partial charge >= 0.3 is 0 Å². The summed E-state index contributed by atoms with van der Waals surface area (Å²) in [5.74, 6) is 0.310. The molecule has 124 valence electrons. The molecule has 1 aliphatic rings. The van der Waals surface area contributed by atoms with Crippen LogP contribution in [0.1, 0.15) is 11.3 Å². The molecule has 0 unspecified atom stereocenters. The van der Waals surface area contributed by atoms with Gasteiger partial charge in [-0.05, 0) is 30.7 Å². The van der Waals surface area contributed by atoms with E-state index in [0.29, 0.717) is 18.0 Å². The highest BCUT2D eigenvalue weighted by molar-refractivity contribution is 7.91. The predicted octanol–water partition coefficient (Wildman–Crippen LogP) is 1.25. The first-order valence-electron chi connectivity index (χ1n) is 7.71. The molecule has 4 rings (SSSR count). The van der Waals surface area contributed by atoms with Gasteiger partial charge in [-0.25, -0.2) is 17.9 Å².